The summed E-state index contributed by atoms with van der Waals surface area (Å²) in [6, 6.07) is 8.16. The number of rotatable bonds is 2. The molecule has 1 heterocycles. The molecule has 1 aliphatic heterocycles. The van der Waals surface area contributed by atoms with Crippen molar-refractivity contribution in [1.82, 2.24) is 4.90 Å². The van der Waals surface area contributed by atoms with Crippen molar-refractivity contribution in [3.8, 4) is 0 Å². The first kappa shape index (κ1) is 13.1. The lowest BCUT2D eigenvalue weighted by atomic mass is 9.98. The number of benzene rings is 1. The van der Waals surface area contributed by atoms with E-state index < -0.39 is 11.9 Å². The summed E-state index contributed by atoms with van der Waals surface area (Å²) < 4.78 is 5.92. The van der Waals surface area contributed by atoms with Crippen LogP contribution in [0.3, 0.4) is 0 Å². The lowest BCUT2D eigenvalue weighted by Crippen LogP contribution is -2.46. The van der Waals surface area contributed by atoms with Crippen LogP contribution in [0, 0.1) is 0 Å². The fourth-order valence-electron chi connectivity index (χ4n) is 3.08. The third kappa shape index (κ3) is 2.30. The van der Waals surface area contributed by atoms with Gasteiger partial charge in [-0.1, -0.05) is 24.3 Å². The van der Waals surface area contributed by atoms with Crippen LogP contribution >= 0.6 is 0 Å². The highest BCUT2D eigenvalue weighted by molar-refractivity contribution is 5.31. The Hall–Kier alpha value is -0.940. The SMILES string of the molecule is CN1CCc2ccccc2C1OC1(O)CCCC1O. The Kier molecular flexibility index (Phi) is 3.35. The third-order valence-electron chi connectivity index (χ3n) is 4.30. The van der Waals surface area contributed by atoms with E-state index in [9.17, 15) is 10.2 Å². The second-order valence-electron chi connectivity index (χ2n) is 5.65. The van der Waals surface area contributed by atoms with E-state index >= 15 is 0 Å². The van der Waals surface area contributed by atoms with Crippen molar-refractivity contribution in [2.75, 3.05) is 13.6 Å². The van der Waals surface area contributed by atoms with E-state index in [4.69, 9.17) is 4.74 Å². The minimum absolute atomic E-state index is 0.275. The van der Waals surface area contributed by atoms with Crippen molar-refractivity contribution in [2.24, 2.45) is 0 Å². The van der Waals surface area contributed by atoms with Crippen molar-refractivity contribution in [3.63, 3.8) is 0 Å². The lowest BCUT2D eigenvalue weighted by Gasteiger charge is -2.39. The molecule has 3 atom stereocenters. The number of aliphatic hydroxyl groups is 2. The monoisotopic (exact) mass is 263 g/mol. The first-order valence-electron chi connectivity index (χ1n) is 6.96. The maximum atomic E-state index is 10.5. The largest absolute Gasteiger partial charge is 0.388 e. The lowest BCUT2D eigenvalue weighted by molar-refractivity contribution is -0.290. The average Bonchev–Trinajstić information content (AvgIpc) is 2.73. The Bertz CT molecular complexity index is 464. The van der Waals surface area contributed by atoms with Crippen LogP contribution in [0.2, 0.25) is 0 Å². The molecule has 0 radical (unpaired) electrons. The molecule has 0 bridgehead atoms. The molecule has 104 valence electrons. The third-order valence-corrected chi connectivity index (χ3v) is 4.30. The molecule has 19 heavy (non-hydrogen) atoms. The van der Waals surface area contributed by atoms with Gasteiger partial charge in [0.25, 0.3) is 0 Å². The van der Waals surface area contributed by atoms with E-state index in [0.717, 1.165) is 24.9 Å². The zero-order valence-corrected chi connectivity index (χ0v) is 11.2. The summed E-state index contributed by atoms with van der Waals surface area (Å²) in [5.74, 6) is -1.40. The predicted molar refractivity (Wildman–Crippen MR) is 71.4 cm³/mol. The van der Waals surface area contributed by atoms with Crippen molar-refractivity contribution in [2.45, 2.75) is 43.8 Å². The molecule has 0 saturated heterocycles. The van der Waals surface area contributed by atoms with Crippen LogP contribution in [-0.4, -0.2) is 40.6 Å². The molecule has 0 aromatic heterocycles. The maximum Gasteiger partial charge on any atom is 0.194 e. The van der Waals surface area contributed by atoms with Crippen LogP contribution in [0.5, 0.6) is 0 Å². The van der Waals surface area contributed by atoms with Crippen LogP contribution in [0.1, 0.15) is 36.6 Å². The zero-order chi connectivity index (χ0) is 13.5. The van der Waals surface area contributed by atoms with Gasteiger partial charge < -0.3 is 14.9 Å². The summed E-state index contributed by atoms with van der Waals surface area (Å²) in [4.78, 5) is 2.09. The number of fused-ring (bicyclic) bond motifs is 1. The van der Waals surface area contributed by atoms with Crippen LogP contribution in [0.15, 0.2) is 24.3 Å². The molecule has 0 spiro atoms. The molecule has 1 saturated carbocycles. The summed E-state index contributed by atoms with van der Waals surface area (Å²) >= 11 is 0. The van der Waals surface area contributed by atoms with Crippen LogP contribution < -0.4 is 0 Å². The molecule has 4 heteroatoms. The van der Waals surface area contributed by atoms with Gasteiger partial charge in [0.2, 0.25) is 0 Å². The second-order valence-corrected chi connectivity index (χ2v) is 5.65. The van der Waals surface area contributed by atoms with Gasteiger partial charge in [0, 0.05) is 13.0 Å². The number of ether oxygens (including phenoxy) is 1. The van der Waals surface area contributed by atoms with Gasteiger partial charge in [0.15, 0.2) is 5.79 Å². The molecular weight excluding hydrogens is 242 g/mol. The molecule has 2 aliphatic rings. The minimum atomic E-state index is -1.40. The minimum Gasteiger partial charge on any atom is -0.388 e. The maximum absolute atomic E-state index is 10.5. The number of aliphatic hydroxyl groups excluding tert-OH is 1. The first-order chi connectivity index (χ1) is 9.10. The van der Waals surface area contributed by atoms with Gasteiger partial charge in [-0.05, 0) is 37.4 Å². The molecule has 0 amide bonds. The van der Waals surface area contributed by atoms with Gasteiger partial charge in [0.1, 0.15) is 12.3 Å². The molecule has 2 N–H and O–H groups in total. The summed E-state index contributed by atoms with van der Waals surface area (Å²) in [6.07, 6.45) is 1.84. The van der Waals surface area contributed by atoms with Gasteiger partial charge in [-0.2, -0.15) is 0 Å². The number of likely N-dealkylation sites (N-methyl/N-ethyl adjacent to an activating group) is 1. The van der Waals surface area contributed by atoms with Crippen molar-refractivity contribution in [1.29, 1.82) is 0 Å². The highest BCUT2D eigenvalue weighted by Gasteiger charge is 2.44. The number of nitrogens with zero attached hydrogens (tertiary/aromatic N) is 1. The molecular formula is C15H21NO3. The summed E-state index contributed by atoms with van der Waals surface area (Å²) in [6.45, 7) is 0.897. The summed E-state index contributed by atoms with van der Waals surface area (Å²) in [5.41, 5.74) is 2.37. The first-order valence-corrected chi connectivity index (χ1v) is 6.96. The predicted octanol–water partition coefficient (Wildman–Crippen LogP) is 1.42. The molecule has 1 aromatic carbocycles. The van der Waals surface area contributed by atoms with E-state index in [1.54, 1.807) is 0 Å². The molecule has 1 fully saturated rings. The standard InChI is InChI=1S/C15H21NO3/c1-16-10-8-11-5-2-3-6-12(11)14(16)19-15(18)9-4-7-13(15)17/h2-3,5-6,13-14,17-18H,4,7-10H2,1H3. The number of hydrogen-bond donors (Lipinski definition) is 2. The Morgan fingerprint density at radius 1 is 1.37 bits per heavy atom. The Morgan fingerprint density at radius 3 is 2.89 bits per heavy atom. The average molecular weight is 263 g/mol. The van der Waals surface area contributed by atoms with E-state index in [0.29, 0.717) is 12.8 Å². The fourth-order valence-corrected chi connectivity index (χ4v) is 3.08. The topological polar surface area (TPSA) is 52.9 Å². The number of hydrogen-bond acceptors (Lipinski definition) is 4. The van der Waals surface area contributed by atoms with E-state index in [-0.39, 0.29) is 6.23 Å². The van der Waals surface area contributed by atoms with E-state index in [1.807, 2.05) is 25.2 Å². The fraction of sp³-hybridized carbons (Fsp3) is 0.600. The Balaban J connectivity index is 1.88. The molecule has 1 aliphatic carbocycles. The van der Waals surface area contributed by atoms with Crippen LogP contribution in [0.4, 0.5) is 0 Å². The van der Waals surface area contributed by atoms with Gasteiger partial charge in [0.05, 0.1) is 0 Å². The van der Waals surface area contributed by atoms with Gasteiger partial charge >= 0.3 is 0 Å². The molecule has 3 rings (SSSR count). The summed E-state index contributed by atoms with van der Waals surface area (Å²) in [7, 11) is 1.99. The van der Waals surface area contributed by atoms with Gasteiger partial charge in [-0.15, -0.1) is 0 Å². The van der Waals surface area contributed by atoms with Crippen LogP contribution in [-0.2, 0) is 11.2 Å². The second kappa shape index (κ2) is 4.87. The Labute approximate surface area is 113 Å². The highest BCUT2D eigenvalue weighted by atomic mass is 16.7. The van der Waals surface area contributed by atoms with E-state index in [1.165, 1.54) is 5.56 Å². The van der Waals surface area contributed by atoms with Gasteiger partial charge in [-0.25, -0.2) is 0 Å². The molecule has 4 nitrogen and oxygen atoms in total. The summed E-state index contributed by atoms with van der Waals surface area (Å²) in [5, 5.41) is 20.4. The highest BCUT2D eigenvalue weighted by Crippen LogP contribution is 2.38. The molecule has 3 unspecified atom stereocenters. The zero-order valence-electron chi connectivity index (χ0n) is 11.2. The van der Waals surface area contributed by atoms with Crippen molar-refractivity contribution in [3.05, 3.63) is 35.4 Å². The van der Waals surface area contributed by atoms with Crippen LogP contribution in [0.25, 0.3) is 0 Å². The quantitative estimate of drug-likeness (QED) is 0.792. The van der Waals surface area contributed by atoms with Gasteiger partial charge in [-0.3, -0.25) is 4.90 Å². The molecule has 1 aromatic rings. The normalized spacial score (nSPS) is 35.3. The van der Waals surface area contributed by atoms with Crippen molar-refractivity contribution < 1.29 is 14.9 Å². The smallest absolute Gasteiger partial charge is 0.194 e. The van der Waals surface area contributed by atoms with E-state index in [2.05, 4.69) is 11.0 Å². The van der Waals surface area contributed by atoms with Crippen molar-refractivity contribution >= 4 is 0 Å². The Morgan fingerprint density at radius 2 is 2.16 bits per heavy atom.